The Labute approximate surface area is 128 Å². The average molecular weight is 300 g/mol. The first-order valence-electron chi connectivity index (χ1n) is 8.03. The fourth-order valence-electron chi connectivity index (χ4n) is 3.62. The van der Waals surface area contributed by atoms with Crippen LogP contribution in [0.25, 0.3) is 0 Å². The number of nitrogens with zero attached hydrogens (tertiary/aromatic N) is 3. The van der Waals surface area contributed by atoms with E-state index in [0.29, 0.717) is 12.2 Å². The lowest BCUT2D eigenvalue weighted by molar-refractivity contribution is 0.0940. The van der Waals surface area contributed by atoms with Crippen LogP contribution in [0.1, 0.15) is 58.0 Å². The van der Waals surface area contributed by atoms with Crippen molar-refractivity contribution in [1.82, 2.24) is 20.3 Å². The van der Waals surface area contributed by atoms with E-state index in [1.54, 1.807) is 0 Å². The van der Waals surface area contributed by atoms with E-state index >= 15 is 0 Å². The summed E-state index contributed by atoms with van der Waals surface area (Å²) in [5, 5.41) is 11.5. The molecule has 2 aliphatic carbocycles. The van der Waals surface area contributed by atoms with Crippen LogP contribution < -0.4 is 5.32 Å². The van der Waals surface area contributed by atoms with Crippen LogP contribution in [0, 0.1) is 0 Å². The molecule has 0 fully saturated rings. The van der Waals surface area contributed by atoms with Crippen LogP contribution in [0.2, 0.25) is 0 Å². The molecule has 0 aliphatic heterocycles. The van der Waals surface area contributed by atoms with Crippen LogP contribution in [-0.4, -0.2) is 20.8 Å². The molecule has 0 saturated heterocycles. The Morgan fingerprint density at radius 1 is 1.18 bits per heavy atom. The first-order chi connectivity index (χ1) is 10.7. The van der Waals surface area contributed by atoms with Crippen molar-refractivity contribution in [2.75, 3.05) is 0 Å². The van der Waals surface area contributed by atoms with Gasteiger partial charge < -0.3 is 9.84 Å². The Bertz CT molecular complexity index is 729. The van der Waals surface area contributed by atoms with Gasteiger partial charge in [0.1, 0.15) is 5.76 Å². The highest BCUT2D eigenvalue weighted by atomic mass is 16.5. The zero-order valence-electron chi connectivity index (χ0n) is 12.8. The quantitative estimate of drug-likeness (QED) is 0.936. The average Bonchev–Trinajstić information content (AvgIpc) is 3.19. The number of rotatable bonds is 3. The van der Waals surface area contributed by atoms with Crippen LogP contribution in [-0.2, 0) is 39.3 Å². The van der Waals surface area contributed by atoms with Crippen molar-refractivity contribution in [3.63, 3.8) is 0 Å². The molecule has 116 valence electrons. The smallest absolute Gasteiger partial charge is 0.274 e. The van der Waals surface area contributed by atoms with Gasteiger partial charge in [-0.15, -0.1) is 0 Å². The predicted octanol–water partition coefficient (Wildman–Crippen LogP) is 1.71. The highest BCUT2D eigenvalue weighted by Gasteiger charge is 2.25. The number of hydrogen-bond donors (Lipinski definition) is 1. The summed E-state index contributed by atoms with van der Waals surface area (Å²) >= 11 is 0. The zero-order chi connectivity index (χ0) is 15.1. The number of aromatic nitrogens is 3. The van der Waals surface area contributed by atoms with E-state index in [4.69, 9.17) is 4.52 Å². The van der Waals surface area contributed by atoms with Crippen LogP contribution >= 0.6 is 0 Å². The maximum Gasteiger partial charge on any atom is 0.274 e. The summed E-state index contributed by atoms with van der Waals surface area (Å²) in [7, 11) is 1.94. The Morgan fingerprint density at radius 2 is 2.00 bits per heavy atom. The molecule has 2 aromatic heterocycles. The minimum absolute atomic E-state index is 0.139. The van der Waals surface area contributed by atoms with E-state index in [-0.39, 0.29) is 5.91 Å². The van der Waals surface area contributed by atoms with Gasteiger partial charge in [0.15, 0.2) is 5.69 Å². The third-order valence-electron chi connectivity index (χ3n) is 4.78. The van der Waals surface area contributed by atoms with Gasteiger partial charge in [-0.25, -0.2) is 0 Å². The van der Waals surface area contributed by atoms with Gasteiger partial charge in [0.2, 0.25) is 0 Å². The summed E-state index contributed by atoms with van der Waals surface area (Å²) in [6.07, 6.45) is 7.28. The largest absolute Gasteiger partial charge is 0.360 e. The fraction of sp³-hybridized carbons (Fsp3) is 0.562. The van der Waals surface area contributed by atoms with Gasteiger partial charge in [0.25, 0.3) is 5.91 Å². The Balaban J connectivity index is 1.50. The first-order valence-corrected chi connectivity index (χ1v) is 8.03. The molecule has 1 amide bonds. The van der Waals surface area contributed by atoms with E-state index in [2.05, 4.69) is 15.6 Å². The van der Waals surface area contributed by atoms with Crippen LogP contribution in [0.3, 0.4) is 0 Å². The topological polar surface area (TPSA) is 73.0 Å². The minimum atomic E-state index is -0.139. The standard InChI is InChI=1S/C16H20N4O2/c1-20-13(10-6-4-7-12(10)18-20)9-17-16(21)15-11-5-2-3-8-14(11)22-19-15/h2-9H2,1H3,(H,17,21). The molecule has 6 heteroatoms. The second kappa shape index (κ2) is 5.26. The number of carbonyl (C=O) groups is 1. The van der Waals surface area contributed by atoms with Crippen LogP contribution in [0.15, 0.2) is 4.52 Å². The van der Waals surface area contributed by atoms with Crippen molar-refractivity contribution in [2.24, 2.45) is 7.05 Å². The Kier molecular flexibility index (Phi) is 3.24. The lowest BCUT2D eigenvalue weighted by Crippen LogP contribution is -2.26. The SMILES string of the molecule is Cn1nc2c(c1CNC(=O)c1noc3c1CCCC3)CCC2. The van der Waals surface area contributed by atoms with E-state index in [1.165, 1.54) is 11.3 Å². The highest BCUT2D eigenvalue weighted by molar-refractivity contribution is 5.93. The zero-order valence-corrected chi connectivity index (χ0v) is 12.8. The molecule has 0 aromatic carbocycles. The highest BCUT2D eigenvalue weighted by Crippen LogP contribution is 2.25. The summed E-state index contributed by atoms with van der Waals surface area (Å²) in [5.74, 6) is 0.748. The molecule has 0 spiro atoms. The van der Waals surface area contributed by atoms with Crippen molar-refractivity contribution in [1.29, 1.82) is 0 Å². The van der Waals surface area contributed by atoms with Gasteiger partial charge >= 0.3 is 0 Å². The molecule has 22 heavy (non-hydrogen) atoms. The predicted molar refractivity (Wildman–Crippen MR) is 79.5 cm³/mol. The third kappa shape index (κ3) is 2.14. The molecule has 2 aromatic rings. The maximum atomic E-state index is 12.4. The van der Waals surface area contributed by atoms with E-state index in [9.17, 15) is 4.79 Å². The fourth-order valence-corrected chi connectivity index (χ4v) is 3.62. The van der Waals surface area contributed by atoms with Gasteiger partial charge in [0.05, 0.1) is 17.9 Å². The number of aryl methyl sites for hydroxylation is 3. The van der Waals surface area contributed by atoms with Gasteiger partial charge in [-0.3, -0.25) is 9.48 Å². The summed E-state index contributed by atoms with van der Waals surface area (Å²) < 4.78 is 7.21. The summed E-state index contributed by atoms with van der Waals surface area (Å²) in [4.78, 5) is 12.4. The first kappa shape index (κ1) is 13.5. The Hall–Kier alpha value is -2.11. The van der Waals surface area contributed by atoms with Crippen molar-refractivity contribution in [3.05, 3.63) is 34.0 Å². The molecule has 0 radical (unpaired) electrons. The lowest BCUT2D eigenvalue weighted by atomic mass is 9.96. The Morgan fingerprint density at radius 3 is 2.91 bits per heavy atom. The van der Waals surface area contributed by atoms with E-state index in [1.807, 2.05) is 11.7 Å². The maximum absolute atomic E-state index is 12.4. The van der Waals surface area contributed by atoms with Gasteiger partial charge in [-0.05, 0) is 44.1 Å². The van der Waals surface area contributed by atoms with Crippen molar-refractivity contribution in [2.45, 2.75) is 51.5 Å². The van der Waals surface area contributed by atoms with Crippen molar-refractivity contribution >= 4 is 5.91 Å². The van der Waals surface area contributed by atoms with Crippen LogP contribution in [0.4, 0.5) is 0 Å². The normalized spacial score (nSPS) is 16.4. The monoisotopic (exact) mass is 300 g/mol. The molecule has 0 atom stereocenters. The summed E-state index contributed by atoms with van der Waals surface area (Å²) in [6.45, 7) is 0.499. The summed E-state index contributed by atoms with van der Waals surface area (Å²) in [6, 6.07) is 0. The second-order valence-electron chi connectivity index (χ2n) is 6.17. The molecular formula is C16H20N4O2. The number of hydrogen-bond acceptors (Lipinski definition) is 4. The van der Waals surface area contributed by atoms with E-state index in [0.717, 1.165) is 62.0 Å². The molecule has 1 N–H and O–H groups in total. The number of nitrogens with one attached hydrogen (secondary N) is 1. The lowest BCUT2D eigenvalue weighted by Gasteiger charge is -2.10. The summed E-state index contributed by atoms with van der Waals surface area (Å²) in [5.41, 5.74) is 5.07. The van der Waals surface area contributed by atoms with Crippen molar-refractivity contribution < 1.29 is 9.32 Å². The van der Waals surface area contributed by atoms with Gasteiger partial charge in [-0.1, -0.05) is 5.16 Å². The minimum Gasteiger partial charge on any atom is -0.360 e. The van der Waals surface area contributed by atoms with Crippen molar-refractivity contribution in [3.8, 4) is 0 Å². The number of carbonyl (C=O) groups excluding carboxylic acids is 1. The molecule has 0 unspecified atom stereocenters. The third-order valence-corrected chi connectivity index (χ3v) is 4.78. The number of amides is 1. The molecular weight excluding hydrogens is 280 g/mol. The second-order valence-corrected chi connectivity index (χ2v) is 6.17. The van der Waals surface area contributed by atoms with E-state index < -0.39 is 0 Å². The molecule has 0 bridgehead atoms. The molecule has 0 saturated carbocycles. The molecule has 2 aliphatic rings. The van der Waals surface area contributed by atoms with Gasteiger partial charge in [0, 0.05) is 19.0 Å². The molecule has 2 heterocycles. The number of fused-ring (bicyclic) bond motifs is 2. The molecule has 6 nitrogen and oxygen atoms in total. The van der Waals surface area contributed by atoms with Crippen LogP contribution in [0.5, 0.6) is 0 Å². The van der Waals surface area contributed by atoms with Gasteiger partial charge in [-0.2, -0.15) is 5.10 Å². The molecule has 4 rings (SSSR count).